The molecule has 0 fully saturated rings. The first-order valence-electron chi connectivity index (χ1n) is 9.50. The maximum atomic E-state index is 14.7. The van der Waals surface area contributed by atoms with Crippen molar-refractivity contribution in [2.24, 2.45) is 0 Å². The van der Waals surface area contributed by atoms with Gasteiger partial charge in [-0.05, 0) is 42.0 Å². The fourth-order valence-electron chi connectivity index (χ4n) is 2.87. The van der Waals surface area contributed by atoms with E-state index in [1.807, 2.05) is 30.3 Å². The Kier molecular flexibility index (Phi) is 6.24. The Balaban J connectivity index is 1.43. The Morgan fingerprint density at radius 1 is 1.03 bits per heavy atom. The lowest BCUT2D eigenvalue weighted by Gasteiger charge is -2.08. The van der Waals surface area contributed by atoms with E-state index in [0.29, 0.717) is 34.4 Å². The predicted octanol–water partition coefficient (Wildman–Crippen LogP) is 5.79. The van der Waals surface area contributed by atoms with Crippen LogP contribution in [-0.4, -0.2) is 18.0 Å². The van der Waals surface area contributed by atoms with Crippen LogP contribution in [-0.2, 0) is 6.61 Å². The van der Waals surface area contributed by atoms with E-state index in [9.17, 15) is 9.18 Å². The highest BCUT2D eigenvalue weighted by atomic mass is 32.1. The Morgan fingerprint density at radius 3 is 2.48 bits per heavy atom. The van der Waals surface area contributed by atoms with Gasteiger partial charge < -0.3 is 14.8 Å². The number of rotatable bonds is 7. The van der Waals surface area contributed by atoms with Gasteiger partial charge in [-0.25, -0.2) is 9.37 Å². The van der Waals surface area contributed by atoms with Crippen molar-refractivity contribution in [2.45, 2.75) is 6.61 Å². The van der Waals surface area contributed by atoms with Crippen molar-refractivity contribution >= 4 is 22.9 Å². The standard InChI is InChI=1S/C24H19FN2O3S/c1-29-18-9-7-17(8-10-18)26-23(28)22-15-31-24(27-22)20-12-11-19(13-21(20)25)30-14-16-5-3-2-4-6-16/h2-13,15H,14H2,1H3,(H,26,28). The highest BCUT2D eigenvalue weighted by Crippen LogP contribution is 2.29. The van der Waals surface area contributed by atoms with E-state index < -0.39 is 5.82 Å². The van der Waals surface area contributed by atoms with Crippen molar-refractivity contribution in [3.63, 3.8) is 0 Å². The second-order valence-electron chi connectivity index (χ2n) is 6.64. The molecule has 0 saturated carbocycles. The zero-order valence-electron chi connectivity index (χ0n) is 16.7. The third-order valence-corrected chi connectivity index (χ3v) is 5.38. The van der Waals surface area contributed by atoms with Crippen LogP contribution in [0.4, 0.5) is 10.1 Å². The van der Waals surface area contributed by atoms with Gasteiger partial charge in [0.15, 0.2) is 0 Å². The number of hydrogen-bond acceptors (Lipinski definition) is 5. The van der Waals surface area contributed by atoms with Crippen molar-refractivity contribution in [3.05, 3.63) is 95.3 Å². The number of benzene rings is 3. The summed E-state index contributed by atoms with van der Waals surface area (Å²) in [4.78, 5) is 16.8. The SMILES string of the molecule is COc1ccc(NC(=O)c2csc(-c3ccc(OCc4ccccc4)cc3F)n2)cc1. The molecule has 1 N–H and O–H groups in total. The van der Waals surface area contributed by atoms with Crippen molar-refractivity contribution < 1.29 is 18.7 Å². The zero-order valence-corrected chi connectivity index (χ0v) is 17.5. The number of ether oxygens (including phenoxy) is 2. The van der Waals surface area contributed by atoms with Crippen LogP contribution in [0, 0.1) is 5.82 Å². The summed E-state index contributed by atoms with van der Waals surface area (Å²) in [6, 6.07) is 21.3. The van der Waals surface area contributed by atoms with Crippen LogP contribution in [0.1, 0.15) is 16.1 Å². The Bertz CT molecular complexity index is 1180. The first-order chi connectivity index (χ1) is 15.1. The number of nitrogens with zero attached hydrogens (tertiary/aromatic N) is 1. The van der Waals surface area contributed by atoms with Gasteiger partial charge >= 0.3 is 0 Å². The van der Waals surface area contributed by atoms with Crippen molar-refractivity contribution in [1.82, 2.24) is 4.98 Å². The number of carbonyl (C=O) groups is 1. The van der Waals surface area contributed by atoms with E-state index in [4.69, 9.17) is 9.47 Å². The topological polar surface area (TPSA) is 60.5 Å². The summed E-state index contributed by atoms with van der Waals surface area (Å²) in [5.41, 5.74) is 2.16. The van der Waals surface area contributed by atoms with Crippen LogP contribution in [0.5, 0.6) is 11.5 Å². The minimum atomic E-state index is -0.456. The number of anilines is 1. The number of amides is 1. The molecular formula is C24H19FN2O3S. The van der Waals surface area contributed by atoms with E-state index in [-0.39, 0.29) is 11.6 Å². The van der Waals surface area contributed by atoms with Crippen LogP contribution in [0.2, 0.25) is 0 Å². The fraction of sp³-hybridized carbons (Fsp3) is 0.0833. The molecule has 0 aliphatic rings. The van der Waals surface area contributed by atoms with E-state index >= 15 is 0 Å². The van der Waals surface area contributed by atoms with Crippen LogP contribution >= 0.6 is 11.3 Å². The third kappa shape index (κ3) is 5.07. The Hall–Kier alpha value is -3.71. The first-order valence-corrected chi connectivity index (χ1v) is 10.4. The number of methoxy groups -OCH3 is 1. The second-order valence-corrected chi connectivity index (χ2v) is 7.49. The number of carbonyl (C=O) groups excluding carboxylic acids is 1. The molecule has 0 saturated heterocycles. The van der Waals surface area contributed by atoms with Crippen LogP contribution < -0.4 is 14.8 Å². The number of thiazole rings is 1. The Morgan fingerprint density at radius 2 is 1.77 bits per heavy atom. The average molecular weight is 434 g/mol. The lowest BCUT2D eigenvalue weighted by atomic mass is 10.2. The number of halogens is 1. The van der Waals surface area contributed by atoms with Gasteiger partial charge in [-0.2, -0.15) is 0 Å². The van der Waals surface area contributed by atoms with E-state index in [2.05, 4.69) is 10.3 Å². The summed E-state index contributed by atoms with van der Waals surface area (Å²) < 4.78 is 25.4. The smallest absolute Gasteiger partial charge is 0.275 e. The molecule has 0 bridgehead atoms. The fourth-order valence-corrected chi connectivity index (χ4v) is 3.70. The van der Waals surface area contributed by atoms with Crippen molar-refractivity contribution in [3.8, 4) is 22.1 Å². The maximum absolute atomic E-state index is 14.7. The second kappa shape index (κ2) is 9.40. The summed E-state index contributed by atoms with van der Waals surface area (Å²) >= 11 is 1.21. The number of aromatic nitrogens is 1. The lowest BCUT2D eigenvalue weighted by molar-refractivity contribution is 0.102. The zero-order chi connectivity index (χ0) is 21.6. The average Bonchev–Trinajstić information content (AvgIpc) is 3.29. The quantitative estimate of drug-likeness (QED) is 0.400. The molecule has 3 aromatic carbocycles. The van der Waals surface area contributed by atoms with Crippen LogP contribution in [0.3, 0.4) is 0 Å². The summed E-state index contributed by atoms with van der Waals surface area (Å²) in [7, 11) is 1.57. The van der Waals surface area contributed by atoms with Gasteiger partial charge in [0.2, 0.25) is 0 Å². The van der Waals surface area contributed by atoms with E-state index in [0.717, 1.165) is 5.56 Å². The van der Waals surface area contributed by atoms with Gasteiger partial charge in [-0.15, -0.1) is 11.3 Å². The molecule has 1 amide bonds. The van der Waals surface area contributed by atoms with Gasteiger partial charge in [-0.1, -0.05) is 30.3 Å². The van der Waals surface area contributed by atoms with E-state index in [1.165, 1.54) is 17.4 Å². The number of nitrogens with one attached hydrogen (secondary N) is 1. The predicted molar refractivity (Wildman–Crippen MR) is 119 cm³/mol. The molecule has 0 radical (unpaired) electrons. The molecule has 4 aromatic rings. The molecule has 0 unspecified atom stereocenters. The first kappa shape index (κ1) is 20.6. The largest absolute Gasteiger partial charge is 0.497 e. The summed E-state index contributed by atoms with van der Waals surface area (Å²) in [5.74, 6) is 0.303. The molecule has 5 nitrogen and oxygen atoms in total. The minimum absolute atomic E-state index is 0.222. The molecule has 0 aliphatic heterocycles. The molecule has 0 atom stereocenters. The van der Waals surface area contributed by atoms with Gasteiger partial charge in [0.1, 0.15) is 34.6 Å². The monoisotopic (exact) mass is 434 g/mol. The molecular weight excluding hydrogens is 415 g/mol. The third-order valence-electron chi connectivity index (χ3n) is 4.50. The summed E-state index contributed by atoms with van der Waals surface area (Å²) in [6.07, 6.45) is 0. The molecule has 7 heteroatoms. The Labute approximate surface area is 183 Å². The maximum Gasteiger partial charge on any atom is 0.275 e. The van der Waals surface area contributed by atoms with Crippen molar-refractivity contribution in [2.75, 3.05) is 12.4 Å². The van der Waals surface area contributed by atoms with Crippen LogP contribution in [0.15, 0.2) is 78.2 Å². The summed E-state index contributed by atoms with van der Waals surface area (Å²) in [5, 5.41) is 4.79. The molecule has 0 spiro atoms. The van der Waals surface area contributed by atoms with Gasteiger partial charge in [0, 0.05) is 22.7 Å². The molecule has 1 heterocycles. The van der Waals surface area contributed by atoms with E-state index in [1.54, 1.807) is 48.9 Å². The number of hydrogen-bond donors (Lipinski definition) is 1. The lowest BCUT2D eigenvalue weighted by Crippen LogP contribution is -2.12. The minimum Gasteiger partial charge on any atom is -0.497 e. The summed E-state index contributed by atoms with van der Waals surface area (Å²) in [6.45, 7) is 0.354. The van der Waals surface area contributed by atoms with Gasteiger partial charge in [-0.3, -0.25) is 4.79 Å². The van der Waals surface area contributed by atoms with Gasteiger partial charge in [0.05, 0.1) is 7.11 Å². The highest BCUT2D eigenvalue weighted by molar-refractivity contribution is 7.13. The molecule has 31 heavy (non-hydrogen) atoms. The normalized spacial score (nSPS) is 10.5. The molecule has 4 rings (SSSR count). The molecule has 156 valence electrons. The molecule has 0 aliphatic carbocycles. The van der Waals surface area contributed by atoms with Crippen molar-refractivity contribution in [1.29, 1.82) is 0 Å². The highest BCUT2D eigenvalue weighted by Gasteiger charge is 2.15. The molecule has 1 aromatic heterocycles. The van der Waals surface area contributed by atoms with Crippen LogP contribution in [0.25, 0.3) is 10.6 Å². The van der Waals surface area contributed by atoms with Gasteiger partial charge in [0.25, 0.3) is 5.91 Å².